The second-order valence-corrected chi connectivity index (χ2v) is 9.65. The number of carbonyl (C=O) groups excluding carboxylic acids is 1. The largest absolute Gasteiger partial charge is 0.478 e. The summed E-state index contributed by atoms with van der Waals surface area (Å²) in [6.45, 7) is 6.51. The van der Waals surface area contributed by atoms with Crippen LogP contribution in [0.2, 0.25) is 0 Å². The number of nitrogens with zero attached hydrogens (tertiary/aromatic N) is 3. The number of carbonyl (C=O) groups is 3. The first kappa shape index (κ1) is 27.8. The maximum Gasteiger partial charge on any atom is 0.328 e. The van der Waals surface area contributed by atoms with Crippen LogP contribution in [0.1, 0.15) is 36.0 Å². The van der Waals surface area contributed by atoms with Crippen molar-refractivity contribution in [2.75, 3.05) is 18.0 Å². The van der Waals surface area contributed by atoms with Crippen LogP contribution in [0, 0.1) is 6.92 Å². The van der Waals surface area contributed by atoms with Crippen LogP contribution in [-0.4, -0.2) is 51.0 Å². The van der Waals surface area contributed by atoms with Crippen LogP contribution in [-0.2, 0) is 26.5 Å². The van der Waals surface area contributed by atoms with Crippen LogP contribution in [0.5, 0.6) is 0 Å². The van der Waals surface area contributed by atoms with Crippen molar-refractivity contribution in [3.63, 3.8) is 0 Å². The van der Waals surface area contributed by atoms with E-state index in [1.165, 1.54) is 5.56 Å². The number of anilines is 1. The molecule has 1 aliphatic rings. The van der Waals surface area contributed by atoms with Gasteiger partial charge in [0.25, 0.3) is 0 Å². The number of hydrogen-bond acceptors (Lipinski definition) is 6. The lowest BCUT2D eigenvalue weighted by Gasteiger charge is -2.47. The zero-order chi connectivity index (χ0) is 26.8. The van der Waals surface area contributed by atoms with Gasteiger partial charge in [-0.25, -0.2) is 14.6 Å². The minimum Gasteiger partial charge on any atom is -0.478 e. The molecule has 0 radical (unpaired) electrons. The SMILES string of the molecule is CC(=O)N(c1ccccc1)C1(c2nc(C)cs2)CCN(Cc2ccccc2)CC1.O=C(O)C=CC(=O)O. The zero-order valence-electron chi connectivity index (χ0n) is 20.9. The van der Waals surface area contributed by atoms with E-state index in [1.807, 2.05) is 42.2 Å². The fourth-order valence-electron chi connectivity index (χ4n) is 4.47. The minimum atomic E-state index is -1.26. The third-order valence-corrected chi connectivity index (χ3v) is 7.23. The molecule has 0 bridgehead atoms. The van der Waals surface area contributed by atoms with Gasteiger partial charge in [0.1, 0.15) is 10.5 Å². The Morgan fingerprint density at radius 2 is 1.51 bits per heavy atom. The van der Waals surface area contributed by atoms with Crippen molar-refractivity contribution < 1.29 is 24.6 Å². The predicted octanol–water partition coefficient (Wildman–Crippen LogP) is 4.71. The van der Waals surface area contributed by atoms with E-state index in [-0.39, 0.29) is 11.4 Å². The van der Waals surface area contributed by atoms with Gasteiger partial charge in [-0.3, -0.25) is 14.6 Å². The fourth-order valence-corrected chi connectivity index (χ4v) is 5.52. The van der Waals surface area contributed by atoms with Crippen molar-refractivity contribution in [3.05, 3.63) is 94.5 Å². The van der Waals surface area contributed by atoms with Crippen LogP contribution >= 0.6 is 11.3 Å². The summed E-state index contributed by atoms with van der Waals surface area (Å²) >= 11 is 1.68. The molecule has 3 aromatic rings. The lowest BCUT2D eigenvalue weighted by atomic mass is 9.85. The number of piperidine rings is 1. The third kappa shape index (κ3) is 7.58. The standard InChI is InChI=1S/C24H27N3OS.C4H4O4/c1-19-18-29-23(25-19)24(27(20(2)28)22-11-7-4-8-12-22)13-15-26(16-14-24)17-21-9-5-3-6-10-21;5-3(6)1-2-4(7)8/h3-12,18H,13-17H2,1-2H3;1-2H,(H,5,6)(H,7,8). The number of aliphatic carboxylic acids is 2. The highest BCUT2D eigenvalue weighted by molar-refractivity contribution is 7.09. The number of para-hydroxylation sites is 1. The van der Waals surface area contributed by atoms with E-state index in [1.54, 1.807) is 18.3 Å². The Labute approximate surface area is 220 Å². The number of benzene rings is 2. The molecule has 2 heterocycles. The molecule has 194 valence electrons. The van der Waals surface area contributed by atoms with Gasteiger partial charge in [-0.15, -0.1) is 11.3 Å². The van der Waals surface area contributed by atoms with Gasteiger partial charge in [0.2, 0.25) is 5.91 Å². The predicted molar refractivity (Wildman–Crippen MR) is 143 cm³/mol. The first-order valence-electron chi connectivity index (χ1n) is 11.9. The normalized spacial score (nSPS) is 15.0. The first-order chi connectivity index (χ1) is 17.7. The molecule has 1 saturated heterocycles. The Morgan fingerprint density at radius 3 is 1.97 bits per heavy atom. The highest BCUT2D eigenvalue weighted by Crippen LogP contribution is 2.43. The summed E-state index contributed by atoms with van der Waals surface area (Å²) in [5.41, 5.74) is 2.91. The van der Waals surface area contributed by atoms with Crippen LogP contribution in [0.3, 0.4) is 0 Å². The summed E-state index contributed by atoms with van der Waals surface area (Å²) in [5.74, 6) is -2.44. The smallest absolute Gasteiger partial charge is 0.328 e. The number of aryl methyl sites for hydroxylation is 1. The average Bonchev–Trinajstić information content (AvgIpc) is 3.32. The van der Waals surface area contributed by atoms with Gasteiger partial charge in [0.15, 0.2) is 0 Å². The van der Waals surface area contributed by atoms with Crippen LogP contribution in [0.15, 0.2) is 78.2 Å². The molecule has 8 nitrogen and oxygen atoms in total. The number of thiazole rings is 1. The zero-order valence-corrected chi connectivity index (χ0v) is 21.7. The van der Waals surface area contributed by atoms with E-state index >= 15 is 0 Å². The Hall–Kier alpha value is -3.82. The first-order valence-corrected chi connectivity index (χ1v) is 12.8. The molecular weight excluding hydrogens is 490 g/mol. The van der Waals surface area contributed by atoms with Crippen molar-refractivity contribution >= 4 is 34.9 Å². The summed E-state index contributed by atoms with van der Waals surface area (Å²) in [6.07, 6.45) is 2.87. The van der Waals surface area contributed by atoms with E-state index in [9.17, 15) is 14.4 Å². The van der Waals surface area contributed by atoms with Gasteiger partial charge < -0.3 is 10.2 Å². The molecule has 9 heteroatoms. The second kappa shape index (κ2) is 12.9. The third-order valence-electron chi connectivity index (χ3n) is 6.08. The molecule has 4 rings (SSSR count). The molecule has 1 aromatic heterocycles. The van der Waals surface area contributed by atoms with Crippen molar-refractivity contribution in [1.82, 2.24) is 9.88 Å². The molecule has 1 fully saturated rings. The van der Waals surface area contributed by atoms with Gasteiger partial charge in [0, 0.05) is 55.5 Å². The number of carboxylic acids is 2. The summed E-state index contributed by atoms with van der Waals surface area (Å²) in [4.78, 5) is 41.3. The van der Waals surface area contributed by atoms with Crippen molar-refractivity contribution in [3.8, 4) is 0 Å². The van der Waals surface area contributed by atoms with Gasteiger partial charge in [-0.05, 0) is 37.5 Å². The molecule has 1 aliphatic heterocycles. The van der Waals surface area contributed by atoms with Crippen LogP contribution < -0.4 is 4.90 Å². The van der Waals surface area contributed by atoms with Gasteiger partial charge in [0.05, 0.1) is 0 Å². The number of likely N-dealkylation sites (tertiary alicyclic amines) is 1. The second-order valence-electron chi connectivity index (χ2n) is 8.79. The number of carboxylic acid groups (broad SMARTS) is 2. The van der Waals surface area contributed by atoms with Crippen LogP contribution in [0.4, 0.5) is 5.69 Å². The number of rotatable bonds is 7. The fraction of sp³-hybridized carbons (Fsp3) is 0.286. The molecule has 0 atom stereocenters. The lowest BCUT2D eigenvalue weighted by molar-refractivity contribution is -0.134. The molecule has 1 amide bonds. The monoisotopic (exact) mass is 521 g/mol. The molecular formula is C28H31N3O5S. The Morgan fingerprint density at radius 1 is 0.973 bits per heavy atom. The van der Waals surface area contributed by atoms with E-state index in [0.717, 1.165) is 48.9 Å². The summed E-state index contributed by atoms with van der Waals surface area (Å²) in [6, 6.07) is 20.6. The number of hydrogen-bond donors (Lipinski definition) is 2. The minimum absolute atomic E-state index is 0.0700. The maximum absolute atomic E-state index is 12.9. The average molecular weight is 522 g/mol. The number of aromatic nitrogens is 1. The Balaban J connectivity index is 0.000000414. The number of amides is 1. The molecule has 2 aromatic carbocycles. The van der Waals surface area contributed by atoms with Crippen molar-refractivity contribution in [2.45, 2.75) is 38.8 Å². The Bertz CT molecular complexity index is 1200. The highest BCUT2D eigenvalue weighted by atomic mass is 32.1. The summed E-state index contributed by atoms with van der Waals surface area (Å²) in [5, 5.41) is 18.8. The van der Waals surface area contributed by atoms with Gasteiger partial charge in [-0.1, -0.05) is 48.5 Å². The molecule has 0 unspecified atom stereocenters. The van der Waals surface area contributed by atoms with Crippen LogP contribution in [0.25, 0.3) is 0 Å². The quantitative estimate of drug-likeness (QED) is 0.433. The van der Waals surface area contributed by atoms with E-state index in [4.69, 9.17) is 15.2 Å². The summed E-state index contributed by atoms with van der Waals surface area (Å²) < 4.78 is 0. The molecule has 0 aliphatic carbocycles. The molecule has 0 saturated carbocycles. The lowest BCUT2D eigenvalue weighted by Crippen LogP contribution is -2.55. The van der Waals surface area contributed by atoms with E-state index in [0.29, 0.717) is 12.2 Å². The van der Waals surface area contributed by atoms with E-state index in [2.05, 4.69) is 40.6 Å². The maximum atomic E-state index is 12.9. The Kier molecular flexibility index (Phi) is 9.71. The molecule has 2 N–H and O–H groups in total. The van der Waals surface area contributed by atoms with Crippen molar-refractivity contribution in [2.24, 2.45) is 0 Å². The van der Waals surface area contributed by atoms with Gasteiger partial charge in [-0.2, -0.15) is 0 Å². The molecule has 37 heavy (non-hydrogen) atoms. The molecule has 0 spiro atoms. The topological polar surface area (TPSA) is 111 Å². The summed E-state index contributed by atoms with van der Waals surface area (Å²) in [7, 11) is 0. The highest BCUT2D eigenvalue weighted by Gasteiger charge is 2.45. The van der Waals surface area contributed by atoms with Gasteiger partial charge >= 0.3 is 11.9 Å². The van der Waals surface area contributed by atoms with E-state index < -0.39 is 11.9 Å². The van der Waals surface area contributed by atoms with Crippen molar-refractivity contribution in [1.29, 1.82) is 0 Å².